The average Bonchev–Trinajstić information content (AvgIpc) is 2.96. The predicted molar refractivity (Wildman–Crippen MR) is 332 cm³/mol. The fourth-order valence-electron chi connectivity index (χ4n) is 12.0. The maximum atomic E-state index is 6.00. The Kier molecular flexibility index (Phi) is 23.1. The molecule has 21 nitrogen and oxygen atoms in total. The minimum atomic E-state index is 0.144. The zero-order valence-electron chi connectivity index (χ0n) is 52.4. The number of hydrogen-bond acceptors (Lipinski definition) is 17. The van der Waals surface area contributed by atoms with Gasteiger partial charge in [0, 0.05) is 29.4 Å². The normalized spacial score (nSPS) is 12.5. The molecule has 0 spiro atoms. The lowest BCUT2D eigenvalue weighted by molar-refractivity contribution is 0.180. The summed E-state index contributed by atoms with van der Waals surface area (Å²) in [7, 11) is 1.73. The first-order chi connectivity index (χ1) is 40.5. The van der Waals surface area contributed by atoms with Gasteiger partial charge in [0.15, 0.2) is 23.3 Å². The molecule has 8 aromatic rings. The Morgan fingerprint density at radius 2 is 0.819 bits per heavy atom. The van der Waals surface area contributed by atoms with Gasteiger partial charge in [0.2, 0.25) is 0 Å². The van der Waals surface area contributed by atoms with Crippen LogP contribution in [0.15, 0.2) is 25.3 Å². The Morgan fingerprint density at radius 1 is 0.446 bits per heavy atom. The van der Waals surface area contributed by atoms with Crippen molar-refractivity contribution in [3.63, 3.8) is 0 Å². The number of nitrogens with one attached hydrogen (secondary N) is 2. The molecular formula is C62H98N20O. The molecular weight excluding hydrogens is 1040 g/mol. The van der Waals surface area contributed by atoms with Crippen LogP contribution in [0.2, 0.25) is 0 Å². The van der Waals surface area contributed by atoms with Crippen LogP contribution in [0.1, 0.15) is 249 Å². The molecule has 0 fully saturated rings. The molecule has 452 valence electrons. The van der Waals surface area contributed by atoms with Crippen LogP contribution in [0.4, 0.5) is 23.3 Å². The number of unbranched alkanes of at least 4 members (excludes halogenated alkanes) is 15. The highest BCUT2D eigenvalue weighted by molar-refractivity contribution is 5.71. The van der Waals surface area contributed by atoms with Gasteiger partial charge in [0.25, 0.3) is 23.1 Å². The maximum absolute atomic E-state index is 6.00. The number of rotatable bonds is 38. The molecule has 0 amide bonds. The summed E-state index contributed by atoms with van der Waals surface area (Å²) in [6.45, 7) is 23.0. The smallest absolute Gasteiger partial charge is 0.254 e. The van der Waals surface area contributed by atoms with Gasteiger partial charge >= 0.3 is 0 Å². The number of aryl methyl sites for hydroxylation is 3. The van der Waals surface area contributed by atoms with Crippen LogP contribution in [0, 0.1) is 11.3 Å². The third-order valence-electron chi connectivity index (χ3n) is 16.0. The first-order valence-electron chi connectivity index (χ1n) is 31.9. The van der Waals surface area contributed by atoms with Gasteiger partial charge in [-0.1, -0.05) is 172 Å². The Labute approximate surface area is 493 Å². The molecule has 8 heterocycles. The molecule has 0 aliphatic rings. The summed E-state index contributed by atoms with van der Waals surface area (Å²) < 4.78 is 13.5. The molecule has 8 rings (SSSR count). The fraction of sp³-hybridized carbons (Fsp3) is 0.677. The summed E-state index contributed by atoms with van der Waals surface area (Å²) in [4.78, 5) is 40.4. The first kappa shape index (κ1) is 62.4. The molecule has 0 aliphatic carbocycles. The van der Waals surface area contributed by atoms with E-state index in [9.17, 15) is 0 Å². The second-order valence-electron chi connectivity index (χ2n) is 24.1. The van der Waals surface area contributed by atoms with Gasteiger partial charge in [-0.2, -0.15) is 68.6 Å². The standard InChI is InChI=1S/C62H98N20O/c1-12-18-21-24-27-30-34-46-50(16-5)71-58-63-41-67-77(58)54(46)75-82(57-49(38-37-45(7)39-62(8,9)10)51(17-6)72-60-65-43-70-80(57)60)81(56-48(36-32-29-26-23-20-14-3)52(33-15-4)73-61-66-44-69-79(56)61)76-55-47(35-31-28-25-22-19-13-2)53(40-83-11)74-59-64-42-68-78(55)59/h41-45,75-76H,12-40H2,1-11H3. The molecule has 83 heavy (non-hydrogen) atoms. The first-order valence-corrected chi connectivity index (χ1v) is 31.9. The number of ether oxygens (including phenoxy) is 1. The summed E-state index contributed by atoms with van der Waals surface area (Å²) in [6, 6.07) is 0. The molecule has 0 saturated heterocycles. The molecule has 8 aromatic heterocycles. The van der Waals surface area contributed by atoms with Crippen molar-refractivity contribution in [1.29, 1.82) is 0 Å². The van der Waals surface area contributed by atoms with E-state index < -0.39 is 0 Å². The van der Waals surface area contributed by atoms with Crippen molar-refractivity contribution in [2.75, 3.05) is 28.2 Å². The third kappa shape index (κ3) is 15.6. The minimum Gasteiger partial charge on any atom is -0.378 e. The van der Waals surface area contributed by atoms with Crippen molar-refractivity contribution in [2.45, 2.75) is 256 Å². The molecule has 0 radical (unpaired) electrons. The van der Waals surface area contributed by atoms with E-state index in [1.54, 1.807) is 32.4 Å². The topological polar surface area (TPSA) is 212 Å². The zero-order chi connectivity index (χ0) is 58.7. The predicted octanol–water partition coefficient (Wildman–Crippen LogP) is 13.7. The van der Waals surface area contributed by atoms with Crippen LogP contribution >= 0.6 is 0 Å². The van der Waals surface area contributed by atoms with Gasteiger partial charge in [-0.15, -0.1) is 0 Å². The Morgan fingerprint density at radius 3 is 1.25 bits per heavy atom. The van der Waals surface area contributed by atoms with Crippen molar-refractivity contribution < 1.29 is 4.74 Å². The van der Waals surface area contributed by atoms with Crippen LogP contribution in [0.5, 0.6) is 0 Å². The van der Waals surface area contributed by atoms with E-state index in [0.717, 1.165) is 152 Å². The van der Waals surface area contributed by atoms with Crippen molar-refractivity contribution in [2.24, 2.45) is 11.3 Å². The van der Waals surface area contributed by atoms with E-state index in [2.05, 4.69) is 90.3 Å². The number of hydrazine groups is 3. The van der Waals surface area contributed by atoms with E-state index in [4.69, 9.17) is 65.0 Å². The zero-order valence-corrected chi connectivity index (χ0v) is 52.4. The number of methoxy groups -OCH3 is 1. The highest BCUT2D eigenvalue weighted by Crippen LogP contribution is 2.38. The maximum Gasteiger partial charge on any atom is 0.254 e. The summed E-state index contributed by atoms with van der Waals surface area (Å²) >= 11 is 0. The van der Waals surface area contributed by atoms with Crippen LogP contribution < -0.4 is 21.1 Å². The van der Waals surface area contributed by atoms with Crippen LogP contribution in [0.3, 0.4) is 0 Å². The van der Waals surface area contributed by atoms with Crippen molar-refractivity contribution in [3.8, 4) is 0 Å². The summed E-state index contributed by atoms with van der Waals surface area (Å²) in [5.41, 5.74) is 16.3. The van der Waals surface area contributed by atoms with Gasteiger partial charge < -0.3 is 4.74 Å². The highest BCUT2D eigenvalue weighted by atomic mass is 16.5. The number of aromatic nitrogens is 16. The molecule has 0 aromatic carbocycles. The van der Waals surface area contributed by atoms with Crippen LogP contribution in [-0.2, 0) is 56.3 Å². The Bertz CT molecular complexity index is 3260. The summed E-state index contributed by atoms with van der Waals surface area (Å²) in [5, 5.41) is 24.4. The summed E-state index contributed by atoms with van der Waals surface area (Å²) in [5.74, 6) is 5.19. The quantitative estimate of drug-likeness (QED) is 0.0272. The van der Waals surface area contributed by atoms with Gasteiger partial charge in [-0.3, -0.25) is 10.9 Å². The second kappa shape index (κ2) is 30.8. The fourth-order valence-corrected chi connectivity index (χ4v) is 12.0. The van der Waals surface area contributed by atoms with Gasteiger partial charge in [-0.05, 0) is 88.4 Å². The molecule has 0 bridgehead atoms. The van der Waals surface area contributed by atoms with Gasteiger partial charge in [0.05, 0.1) is 29.4 Å². The monoisotopic (exact) mass is 1140 g/mol. The average molecular weight is 1140 g/mol. The van der Waals surface area contributed by atoms with Crippen LogP contribution in [0.25, 0.3) is 23.1 Å². The number of nitrogens with zero attached hydrogens (tertiary/aromatic N) is 18. The van der Waals surface area contributed by atoms with Crippen molar-refractivity contribution in [3.05, 3.63) is 70.3 Å². The molecule has 0 aliphatic heterocycles. The van der Waals surface area contributed by atoms with E-state index in [1.807, 2.05) is 18.1 Å². The molecule has 21 heteroatoms. The Balaban J connectivity index is 1.48. The lowest BCUT2D eigenvalue weighted by Gasteiger charge is -2.40. The van der Waals surface area contributed by atoms with Crippen LogP contribution in [-0.4, -0.2) is 85.4 Å². The minimum absolute atomic E-state index is 0.144. The van der Waals surface area contributed by atoms with Gasteiger partial charge in [-0.25, -0.2) is 19.9 Å². The van der Waals surface area contributed by atoms with Gasteiger partial charge in [0.1, 0.15) is 25.3 Å². The number of hydrogen-bond donors (Lipinski definition) is 2. The van der Waals surface area contributed by atoms with E-state index in [1.165, 1.54) is 64.2 Å². The SMILES string of the molecule is CCCCCCCCc1c(CC)nc2ncnn2c1NN(c1c(CCC(C)CC(C)(C)C)c(CC)nc2ncnn12)N(Nc1c(CCCCCCCC)c(COC)nc2ncnn12)c1c(CCCCCCCC)c(CCC)nc2ncnn12. The lowest BCUT2D eigenvalue weighted by Crippen LogP contribution is -2.54. The second-order valence-corrected chi connectivity index (χ2v) is 24.1. The third-order valence-corrected chi connectivity index (χ3v) is 16.0. The highest BCUT2D eigenvalue weighted by Gasteiger charge is 2.35. The Hall–Kier alpha value is -6.64. The largest absolute Gasteiger partial charge is 0.378 e. The van der Waals surface area contributed by atoms with E-state index >= 15 is 0 Å². The number of fused-ring (bicyclic) bond motifs is 4. The van der Waals surface area contributed by atoms with E-state index in [0.29, 0.717) is 60.5 Å². The van der Waals surface area contributed by atoms with Crippen molar-refractivity contribution in [1.82, 2.24) is 78.3 Å². The number of anilines is 4. The van der Waals surface area contributed by atoms with E-state index in [-0.39, 0.29) is 12.0 Å². The lowest BCUT2D eigenvalue weighted by atomic mass is 9.83. The molecule has 2 N–H and O–H groups in total. The van der Waals surface area contributed by atoms with Crippen molar-refractivity contribution >= 4 is 46.4 Å². The molecule has 1 atom stereocenters. The summed E-state index contributed by atoms with van der Waals surface area (Å²) in [6.07, 6.45) is 34.7. The molecule has 1 unspecified atom stereocenters. The molecule has 0 saturated carbocycles.